The second-order valence-corrected chi connectivity index (χ2v) is 6.79. The molecule has 0 spiro atoms. The molecule has 98 valence electrons. The number of amides is 1. The highest BCUT2D eigenvalue weighted by Gasteiger charge is 2.43. The van der Waals surface area contributed by atoms with Crippen molar-refractivity contribution in [3.8, 4) is 0 Å². The van der Waals surface area contributed by atoms with Crippen LogP contribution in [0.2, 0.25) is 0 Å². The number of nitrogens with one attached hydrogen (secondary N) is 1. The van der Waals surface area contributed by atoms with Gasteiger partial charge in [-0.3, -0.25) is 4.79 Å². The Balaban J connectivity index is 1.53. The first-order valence-electron chi connectivity index (χ1n) is 6.96. The van der Waals surface area contributed by atoms with Crippen LogP contribution in [0.3, 0.4) is 0 Å². The highest BCUT2D eigenvalue weighted by molar-refractivity contribution is 7.22. The van der Waals surface area contributed by atoms with E-state index in [9.17, 15) is 4.79 Å². The topological polar surface area (TPSA) is 42.0 Å². The molecule has 3 nitrogen and oxygen atoms in total. The van der Waals surface area contributed by atoms with E-state index in [1.165, 1.54) is 19.3 Å². The van der Waals surface area contributed by atoms with Gasteiger partial charge in [0, 0.05) is 5.92 Å². The fourth-order valence-electron chi connectivity index (χ4n) is 3.69. The van der Waals surface area contributed by atoms with Gasteiger partial charge in [-0.1, -0.05) is 29.9 Å². The van der Waals surface area contributed by atoms with E-state index in [2.05, 4.69) is 10.3 Å². The van der Waals surface area contributed by atoms with Gasteiger partial charge in [0.2, 0.25) is 5.91 Å². The van der Waals surface area contributed by atoms with Gasteiger partial charge in [0.05, 0.1) is 10.2 Å². The number of hydrogen-bond acceptors (Lipinski definition) is 3. The van der Waals surface area contributed by atoms with Crippen LogP contribution < -0.4 is 5.32 Å². The van der Waals surface area contributed by atoms with Crippen LogP contribution in [-0.2, 0) is 4.79 Å². The standard InChI is InChI=1S/C15H16N2OS/c18-14(11-8-9-5-6-10(11)7-9)17-15-16-12-3-1-2-4-13(12)19-15/h1-4,9-11H,5-8H2,(H,16,17,18)/t9-,10+,11-/m0/s1. The number of aromatic nitrogens is 1. The quantitative estimate of drug-likeness (QED) is 0.906. The summed E-state index contributed by atoms with van der Waals surface area (Å²) in [6.45, 7) is 0. The number of rotatable bonds is 2. The normalized spacial score (nSPS) is 28.9. The van der Waals surface area contributed by atoms with Crippen LogP contribution in [0.4, 0.5) is 5.13 Å². The Morgan fingerprint density at radius 1 is 1.26 bits per heavy atom. The Labute approximate surface area is 116 Å². The smallest absolute Gasteiger partial charge is 0.229 e. The minimum atomic E-state index is 0.186. The molecule has 3 atom stereocenters. The van der Waals surface area contributed by atoms with E-state index in [4.69, 9.17) is 0 Å². The van der Waals surface area contributed by atoms with Crippen molar-refractivity contribution in [1.29, 1.82) is 0 Å². The lowest BCUT2D eigenvalue weighted by Gasteiger charge is -2.19. The summed E-state index contributed by atoms with van der Waals surface area (Å²) in [5.41, 5.74) is 0.968. The molecule has 2 fully saturated rings. The first-order valence-corrected chi connectivity index (χ1v) is 7.77. The number of benzene rings is 1. The number of carbonyl (C=O) groups excluding carboxylic acids is 1. The zero-order valence-electron chi connectivity index (χ0n) is 10.6. The summed E-state index contributed by atoms with van der Waals surface area (Å²) in [5.74, 6) is 1.84. The van der Waals surface area contributed by atoms with Crippen molar-refractivity contribution in [3.63, 3.8) is 0 Å². The first kappa shape index (κ1) is 11.4. The first-order chi connectivity index (χ1) is 9.29. The van der Waals surface area contributed by atoms with Crippen LogP contribution in [0.1, 0.15) is 25.7 Å². The molecule has 4 rings (SSSR count). The number of hydrogen-bond donors (Lipinski definition) is 1. The highest BCUT2D eigenvalue weighted by Crippen LogP contribution is 2.48. The van der Waals surface area contributed by atoms with Gasteiger partial charge in [-0.15, -0.1) is 0 Å². The zero-order chi connectivity index (χ0) is 12.8. The molecule has 2 aliphatic carbocycles. The Kier molecular flexibility index (Phi) is 2.58. The molecule has 1 aromatic carbocycles. The highest BCUT2D eigenvalue weighted by atomic mass is 32.1. The monoisotopic (exact) mass is 272 g/mol. The molecule has 0 aliphatic heterocycles. The summed E-state index contributed by atoms with van der Waals surface area (Å²) in [5, 5.41) is 3.77. The van der Waals surface area contributed by atoms with Crippen molar-refractivity contribution in [2.24, 2.45) is 17.8 Å². The van der Waals surface area contributed by atoms with E-state index in [0.717, 1.165) is 27.7 Å². The largest absolute Gasteiger partial charge is 0.302 e. The third-order valence-electron chi connectivity index (χ3n) is 4.60. The molecule has 4 heteroatoms. The van der Waals surface area contributed by atoms with Crippen molar-refractivity contribution in [2.45, 2.75) is 25.7 Å². The molecule has 2 aliphatic rings. The maximum atomic E-state index is 12.3. The fraction of sp³-hybridized carbons (Fsp3) is 0.467. The number of fused-ring (bicyclic) bond motifs is 3. The van der Waals surface area contributed by atoms with Crippen molar-refractivity contribution in [2.75, 3.05) is 5.32 Å². The molecule has 1 amide bonds. The lowest BCUT2D eigenvalue weighted by Crippen LogP contribution is -2.27. The lowest BCUT2D eigenvalue weighted by atomic mass is 9.88. The number of anilines is 1. The van der Waals surface area contributed by atoms with Gasteiger partial charge < -0.3 is 5.32 Å². The van der Waals surface area contributed by atoms with Crippen molar-refractivity contribution < 1.29 is 4.79 Å². The van der Waals surface area contributed by atoms with Crippen molar-refractivity contribution >= 4 is 32.6 Å². The van der Waals surface area contributed by atoms with E-state index in [-0.39, 0.29) is 11.8 Å². The molecular formula is C15H16N2OS. The molecule has 19 heavy (non-hydrogen) atoms. The minimum Gasteiger partial charge on any atom is -0.302 e. The van der Waals surface area contributed by atoms with Gasteiger partial charge in [0.15, 0.2) is 5.13 Å². The summed E-state index contributed by atoms with van der Waals surface area (Å²) in [6.07, 6.45) is 4.91. The summed E-state index contributed by atoms with van der Waals surface area (Å²) in [4.78, 5) is 16.8. The van der Waals surface area contributed by atoms with E-state index in [1.54, 1.807) is 11.3 Å². The Hall–Kier alpha value is -1.42. The number of carbonyl (C=O) groups is 1. The third-order valence-corrected chi connectivity index (χ3v) is 5.55. The maximum absolute atomic E-state index is 12.3. The number of nitrogens with zero attached hydrogens (tertiary/aromatic N) is 1. The molecule has 1 heterocycles. The Morgan fingerprint density at radius 3 is 2.89 bits per heavy atom. The third kappa shape index (κ3) is 1.94. The Bertz CT molecular complexity index is 603. The molecule has 0 saturated heterocycles. The van der Waals surface area contributed by atoms with Gasteiger partial charge in [0.1, 0.15) is 0 Å². The van der Waals surface area contributed by atoms with Crippen molar-refractivity contribution in [3.05, 3.63) is 24.3 Å². The van der Waals surface area contributed by atoms with Crippen LogP contribution in [0.5, 0.6) is 0 Å². The SMILES string of the molecule is O=C(Nc1nc2ccccc2s1)[C@H]1C[C@H]2CC[C@@H]1C2. The van der Waals surface area contributed by atoms with Crippen LogP contribution >= 0.6 is 11.3 Å². The zero-order valence-corrected chi connectivity index (χ0v) is 11.5. The second-order valence-electron chi connectivity index (χ2n) is 5.76. The molecule has 0 radical (unpaired) electrons. The van der Waals surface area contributed by atoms with Gasteiger partial charge in [-0.25, -0.2) is 4.98 Å². The van der Waals surface area contributed by atoms with Gasteiger partial charge >= 0.3 is 0 Å². The average Bonchev–Trinajstić information content (AvgIpc) is 3.12. The van der Waals surface area contributed by atoms with Crippen LogP contribution in [0.15, 0.2) is 24.3 Å². The summed E-state index contributed by atoms with van der Waals surface area (Å²) >= 11 is 1.56. The molecule has 1 N–H and O–H groups in total. The van der Waals surface area contributed by atoms with Crippen LogP contribution in [0, 0.1) is 17.8 Å². The summed E-state index contributed by atoms with van der Waals surface area (Å²) in [6, 6.07) is 8.00. The predicted molar refractivity (Wildman–Crippen MR) is 77.2 cm³/mol. The Morgan fingerprint density at radius 2 is 2.16 bits per heavy atom. The fourth-order valence-corrected chi connectivity index (χ4v) is 4.56. The second kappa shape index (κ2) is 4.30. The van der Waals surface area contributed by atoms with E-state index >= 15 is 0 Å². The molecule has 2 aromatic rings. The summed E-state index contributed by atoms with van der Waals surface area (Å²) < 4.78 is 1.13. The summed E-state index contributed by atoms with van der Waals surface area (Å²) in [7, 11) is 0. The molecular weight excluding hydrogens is 256 g/mol. The van der Waals surface area contributed by atoms with Gasteiger partial charge in [-0.05, 0) is 43.2 Å². The maximum Gasteiger partial charge on any atom is 0.229 e. The van der Waals surface area contributed by atoms with Crippen LogP contribution in [-0.4, -0.2) is 10.9 Å². The lowest BCUT2D eigenvalue weighted by molar-refractivity contribution is -0.121. The van der Waals surface area contributed by atoms with E-state index in [1.807, 2.05) is 24.3 Å². The van der Waals surface area contributed by atoms with Crippen LogP contribution in [0.25, 0.3) is 10.2 Å². The number of para-hydroxylation sites is 1. The van der Waals surface area contributed by atoms with Crippen molar-refractivity contribution in [1.82, 2.24) is 4.98 Å². The molecule has 0 unspecified atom stereocenters. The van der Waals surface area contributed by atoms with Gasteiger partial charge in [0.25, 0.3) is 0 Å². The number of thiazole rings is 1. The average molecular weight is 272 g/mol. The molecule has 2 bridgehead atoms. The molecule has 1 aromatic heterocycles. The van der Waals surface area contributed by atoms with E-state index in [0.29, 0.717) is 5.92 Å². The predicted octanol–water partition coefficient (Wildman–Crippen LogP) is 3.67. The molecule has 2 saturated carbocycles. The van der Waals surface area contributed by atoms with E-state index < -0.39 is 0 Å². The minimum absolute atomic E-state index is 0.186. The van der Waals surface area contributed by atoms with Gasteiger partial charge in [-0.2, -0.15) is 0 Å².